The number of halogens is 3. The second-order valence-corrected chi connectivity index (χ2v) is 12.0. The van der Waals surface area contributed by atoms with Crippen LogP contribution in [0, 0.1) is 17.8 Å². The molecule has 2 N–H and O–H groups in total. The van der Waals surface area contributed by atoms with Crippen LogP contribution in [0.2, 0.25) is 5.02 Å². The zero-order chi connectivity index (χ0) is 27.6. The van der Waals surface area contributed by atoms with Crippen LogP contribution in [0.3, 0.4) is 0 Å². The SMILES string of the molecule is C=C(Cl)/C=C\C=C(/F)[C@H]1[C@@H]2C(=O)N(c3nc(C(=O)O)cs3)C[C@@H]2N(CC2CC2)[C@@]12C(=O)Nc1cc(Cl)ccc12. The maximum Gasteiger partial charge on any atom is 0.355 e. The van der Waals surface area contributed by atoms with Crippen molar-refractivity contribution < 1.29 is 23.9 Å². The van der Waals surface area contributed by atoms with Crippen LogP contribution in [-0.2, 0) is 15.1 Å². The maximum atomic E-state index is 16.4. The van der Waals surface area contributed by atoms with Gasteiger partial charge in [-0.1, -0.05) is 41.9 Å². The first kappa shape index (κ1) is 26.2. The topological polar surface area (TPSA) is 103 Å². The molecule has 4 heterocycles. The maximum absolute atomic E-state index is 16.4. The molecule has 2 aromatic rings. The number of thiazole rings is 1. The Bertz CT molecular complexity index is 1490. The quantitative estimate of drug-likeness (QED) is 0.432. The molecular formula is C27H23Cl2FN4O4S. The minimum Gasteiger partial charge on any atom is -0.476 e. The van der Waals surface area contributed by atoms with Gasteiger partial charge in [0.25, 0.3) is 0 Å². The van der Waals surface area contributed by atoms with E-state index in [2.05, 4.69) is 16.9 Å². The van der Waals surface area contributed by atoms with Crippen molar-refractivity contribution in [3.05, 3.63) is 75.5 Å². The minimum absolute atomic E-state index is 0.152. The number of aromatic nitrogens is 1. The van der Waals surface area contributed by atoms with Gasteiger partial charge < -0.3 is 10.4 Å². The molecule has 12 heteroatoms. The van der Waals surface area contributed by atoms with Crippen molar-refractivity contribution in [1.29, 1.82) is 0 Å². The van der Waals surface area contributed by atoms with E-state index in [-0.39, 0.29) is 22.4 Å². The molecule has 0 unspecified atom stereocenters. The highest BCUT2D eigenvalue weighted by molar-refractivity contribution is 7.14. The Morgan fingerprint density at radius 2 is 2.13 bits per heavy atom. The summed E-state index contributed by atoms with van der Waals surface area (Å²) in [6.45, 7) is 4.24. The van der Waals surface area contributed by atoms with Crippen molar-refractivity contribution in [2.75, 3.05) is 23.3 Å². The standard InChI is InChI=1S/C27H23Cl2FN4O4S/c1-13(28)3-2-4-17(30)22-21-20(11-33(23(21)35)26-32-19(12-39-26)24(36)37)34(10-14-5-6-14)27(22)16-8-7-15(29)9-18(16)31-25(27)38/h2-4,7-9,12,14,20-22H,1,5-6,10-11H2,(H,31,38)(H,36,37)/b3-2-,17-4-/t20-,21+,22-,27+/m0/s1. The Balaban J connectivity index is 1.52. The third-order valence-electron chi connectivity index (χ3n) is 7.91. The van der Waals surface area contributed by atoms with Crippen LogP contribution in [0.25, 0.3) is 0 Å². The summed E-state index contributed by atoms with van der Waals surface area (Å²) in [5, 5.41) is 14.5. The van der Waals surface area contributed by atoms with Gasteiger partial charge in [0.15, 0.2) is 10.8 Å². The number of rotatable bonds is 7. The van der Waals surface area contributed by atoms with E-state index in [1.165, 1.54) is 28.5 Å². The first-order chi connectivity index (χ1) is 18.6. The number of aromatic carboxylic acids is 1. The van der Waals surface area contributed by atoms with Gasteiger partial charge in [-0.05, 0) is 43.0 Å². The van der Waals surface area contributed by atoms with Gasteiger partial charge in [0.2, 0.25) is 11.8 Å². The van der Waals surface area contributed by atoms with Crippen molar-refractivity contribution in [2.24, 2.45) is 17.8 Å². The average Bonchev–Trinajstić information content (AvgIpc) is 3.21. The average molecular weight is 589 g/mol. The Morgan fingerprint density at radius 1 is 1.36 bits per heavy atom. The number of benzene rings is 1. The predicted molar refractivity (Wildman–Crippen MR) is 147 cm³/mol. The highest BCUT2D eigenvalue weighted by Gasteiger charge is 2.72. The Labute approximate surface area is 237 Å². The van der Waals surface area contributed by atoms with Gasteiger partial charge >= 0.3 is 5.97 Å². The van der Waals surface area contributed by atoms with E-state index < -0.39 is 47.0 Å². The summed E-state index contributed by atoms with van der Waals surface area (Å²) in [5.74, 6) is -4.41. The number of carboxylic acids is 1. The Hall–Kier alpha value is -3.05. The third kappa shape index (κ3) is 4.12. The number of anilines is 2. The smallest absolute Gasteiger partial charge is 0.355 e. The van der Waals surface area contributed by atoms with Crippen LogP contribution >= 0.6 is 34.5 Å². The second-order valence-electron chi connectivity index (χ2n) is 10.2. The molecule has 1 spiro atoms. The number of carbonyl (C=O) groups is 3. The molecule has 1 saturated carbocycles. The number of carbonyl (C=O) groups excluding carboxylic acids is 2. The van der Waals surface area contributed by atoms with E-state index in [1.807, 2.05) is 4.90 Å². The molecule has 2 amide bonds. The zero-order valence-electron chi connectivity index (χ0n) is 20.4. The van der Waals surface area contributed by atoms with Crippen LogP contribution in [0.15, 0.2) is 59.2 Å². The number of nitrogens with one attached hydrogen (secondary N) is 1. The highest BCUT2D eigenvalue weighted by Crippen LogP contribution is 2.60. The summed E-state index contributed by atoms with van der Waals surface area (Å²) in [6.07, 6.45) is 6.02. The van der Waals surface area contributed by atoms with Crippen molar-refractivity contribution >= 4 is 63.1 Å². The molecule has 3 fully saturated rings. The van der Waals surface area contributed by atoms with Gasteiger partial charge in [-0.25, -0.2) is 14.2 Å². The number of fused-ring (bicyclic) bond motifs is 3. The summed E-state index contributed by atoms with van der Waals surface area (Å²) < 4.78 is 16.4. The molecule has 2 saturated heterocycles. The van der Waals surface area contributed by atoms with Crippen LogP contribution < -0.4 is 10.2 Å². The van der Waals surface area contributed by atoms with E-state index in [4.69, 9.17) is 23.2 Å². The molecule has 1 aromatic carbocycles. The Morgan fingerprint density at radius 3 is 2.79 bits per heavy atom. The second kappa shape index (κ2) is 9.55. The van der Waals surface area contributed by atoms with Crippen LogP contribution in [-0.4, -0.2) is 51.9 Å². The lowest BCUT2D eigenvalue weighted by Gasteiger charge is -2.40. The number of hydrogen-bond acceptors (Lipinski definition) is 6. The van der Waals surface area contributed by atoms with Gasteiger partial charge in [-0.2, -0.15) is 0 Å². The Kier molecular flexibility index (Phi) is 6.41. The fourth-order valence-electron chi connectivity index (χ4n) is 6.21. The largest absolute Gasteiger partial charge is 0.476 e. The lowest BCUT2D eigenvalue weighted by atomic mass is 9.74. The predicted octanol–water partition coefficient (Wildman–Crippen LogP) is 5.18. The lowest BCUT2D eigenvalue weighted by molar-refractivity contribution is -0.129. The van der Waals surface area contributed by atoms with Crippen molar-refractivity contribution in [3.8, 4) is 0 Å². The highest BCUT2D eigenvalue weighted by atomic mass is 35.5. The normalized spacial score (nSPS) is 28.4. The molecule has 39 heavy (non-hydrogen) atoms. The zero-order valence-corrected chi connectivity index (χ0v) is 22.8. The van der Waals surface area contributed by atoms with E-state index in [1.54, 1.807) is 18.2 Å². The number of carboxylic acid groups (broad SMARTS) is 1. The molecule has 1 aromatic heterocycles. The van der Waals surface area contributed by atoms with Crippen LogP contribution in [0.4, 0.5) is 15.2 Å². The van der Waals surface area contributed by atoms with Crippen LogP contribution in [0.1, 0.15) is 28.9 Å². The monoisotopic (exact) mass is 588 g/mol. The lowest BCUT2D eigenvalue weighted by Crippen LogP contribution is -2.55. The summed E-state index contributed by atoms with van der Waals surface area (Å²) >= 11 is 13.1. The molecule has 202 valence electrons. The number of allylic oxidation sites excluding steroid dienone is 4. The molecule has 1 aliphatic carbocycles. The van der Waals surface area contributed by atoms with E-state index >= 15 is 4.39 Å². The molecule has 8 nitrogen and oxygen atoms in total. The van der Waals surface area contributed by atoms with Gasteiger partial charge in [0.1, 0.15) is 11.4 Å². The van der Waals surface area contributed by atoms with Crippen molar-refractivity contribution in [2.45, 2.75) is 24.4 Å². The summed E-state index contributed by atoms with van der Waals surface area (Å²) in [7, 11) is 0. The fraction of sp³-hybridized carbons (Fsp3) is 0.333. The number of amides is 2. The summed E-state index contributed by atoms with van der Waals surface area (Å²) in [5.41, 5.74) is -0.568. The number of hydrogen-bond donors (Lipinski definition) is 2. The van der Waals surface area contributed by atoms with E-state index in [0.717, 1.165) is 24.2 Å². The first-order valence-electron chi connectivity index (χ1n) is 12.4. The fourth-order valence-corrected chi connectivity index (χ4v) is 7.27. The summed E-state index contributed by atoms with van der Waals surface area (Å²) in [4.78, 5) is 47.0. The molecule has 4 aliphatic rings. The van der Waals surface area contributed by atoms with E-state index in [0.29, 0.717) is 28.7 Å². The number of likely N-dealkylation sites (tertiary alicyclic amines) is 1. The van der Waals surface area contributed by atoms with Gasteiger partial charge in [0.05, 0.1) is 11.8 Å². The molecular weight excluding hydrogens is 566 g/mol. The number of nitrogens with zero attached hydrogens (tertiary/aromatic N) is 3. The molecule has 3 aliphatic heterocycles. The first-order valence-corrected chi connectivity index (χ1v) is 14.0. The van der Waals surface area contributed by atoms with E-state index in [9.17, 15) is 19.5 Å². The van der Waals surface area contributed by atoms with Gasteiger partial charge in [-0.3, -0.25) is 19.4 Å². The third-order valence-corrected chi connectivity index (χ3v) is 9.13. The summed E-state index contributed by atoms with van der Waals surface area (Å²) in [6, 6.07) is 4.52. The van der Waals surface area contributed by atoms with Crippen LogP contribution in [0.5, 0.6) is 0 Å². The van der Waals surface area contributed by atoms with Crippen molar-refractivity contribution in [1.82, 2.24) is 9.88 Å². The molecule has 4 atom stereocenters. The molecule has 0 radical (unpaired) electrons. The van der Waals surface area contributed by atoms with Gasteiger partial charge in [-0.15, -0.1) is 11.3 Å². The van der Waals surface area contributed by atoms with Gasteiger partial charge in [0, 0.05) is 45.8 Å². The molecule has 0 bridgehead atoms. The minimum atomic E-state index is -1.47. The van der Waals surface area contributed by atoms with Crippen molar-refractivity contribution in [3.63, 3.8) is 0 Å². The molecule has 6 rings (SSSR count).